The van der Waals surface area contributed by atoms with Crippen molar-refractivity contribution in [3.63, 3.8) is 0 Å². The van der Waals surface area contributed by atoms with Gasteiger partial charge in [0.05, 0.1) is 0 Å². The summed E-state index contributed by atoms with van der Waals surface area (Å²) in [5.74, 6) is 0. The number of furan rings is 1. The van der Waals surface area contributed by atoms with Gasteiger partial charge in [-0.05, 0) is 110 Å². The van der Waals surface area contributed by atoms with Gasteiger partial charge in [-0.3, -0.25) is 0 Å². The van der Waals surface area contributed by atoms with E-state index in [9.17, 15) is 0 Å². The lowest BCUT2D eigenvalue weighted by molar-refractivity contribution is 0.669. The lowest BCUT2D eigenvalue weighted by atomic mass is 9.97. The molecule has 1 aromatic heterocycles. The van der Waals surface area contributed by atoms with Gasteiger partial charge in [-0.15, -0.1) is 0 Å². The van der Waals surface area contributed by atoms with E-state index < -0.39 is 0 Å². The molecule has 244 valence electrons. The Morgan fingerprint density at radius 2 is 0.923 bits per heavy atom. The predicted octanol–water partition coefficient (Wildman–Crippen LogP) is 14.4. The van der Waals surface area contributed by atoms with Gasteiger partial charge in [-0.2, -0.15) is 0 Å². The molecular weight excluding hydrogens is 631 g/mol. The maximum absolute atomic E-state index is 6.16. The highest BCUT2D eigenvalue weighted by Crippen LogP contribution is 2.40. The molecule has 2 nitrogen and oxygen atoms in total. The minimum atomic E-state index is 0.923. The molecule has 0 radical (unpaired) electrons. The Morgan fingerprint density at radius 1 is 0.308 bits per heavy atom. The number of anilines is 3. The number of rotatable bonds is 6. The minimum absolute atomic E-state index is 0.923. The van der Waals surface area contributed by atoms with Gasteiger partial charge in [0.15, 0.2) is 0 Å². The van der Waals surface area contributed by atoms with Crippen LogP contribution < -0.4 is 4.90 Å². The Hall–Kier alpha value is -6.90. The molecule has 10 rings (SSSR count). The van der Waals surface area contributed by atoms with Crippen LogP contribution >= 0.6 is 0 Å². The van der Waals surface area contributed by atoms with Crippen LogP contribution in [0, 0.1) is 0 Å². The minimum Gasteiger partial charge on any atom is -0.456 e. The van der Waals surface area contributed by atoms with Crippen molar-refractivity contribution >= 4 is 60.5 Å². The first-order valence-corrected chi connectivity index (χ1v) is 17.8. The maximum atomic E-state index is 6.16. The Morgan fingerprint density at radius 3 is 1.75 bits per heavy atom. The lowest BCUT2D eigenvalue weighted by Gasteiger charge is -2.26. The van der Waals surface area contributed by atoms with Crippen LogP contribution in [-0.4, -0.2) is 0 Å². The molecule has 0 fully saturated rings. The summed E-state index contributed by atoms with van der Waals surface area (Å²) in [5, 5.41) is 7.25. The number of nitrogens with zero attached hydrogens (tertiary/aromatic N) is 1. The number of benzene rings is 9. The Balaban J connectivity index is 1.05. The van der Waals surface area contributed by atoms with Crippen molar-refractivity contribution in [1.29, 1.82) is 0 Å². The fraction of sp³-hybridized carbons (Fsp3) is 0. The average molecular weight is 664 g/mol. The van der Waals surface area contributed by atoms with Crippen molar-refractivity contribution in [2.75, 3.05) is 4.90 Å². The lowest BCUT2D eigenvalue weighted by Crippen LogP contribution is -2.10. The molecule has 0 aliphatic carbocycles. The second-order valence-electron chi connectivity index (χ2n) is 13.3. The first kappa shape index (κ1) is 30.0. The molecule has 0 amide bonds. The van der Waals surface area contributed by atoms with Crippen LogP contribution in [0.2, 0.25) is 0 Å². The molecule has 9 aromatic carbocycles. The van der Waals surface area contributed by atoms with E-state index in [1.165, 1.54) is 60.3 Å². The van der Waals surface area contributed by atoms with Gasteiger partial charge in [-0.25, -0.2) is 0 Å². The molecular formula is C50H33NO. The molecule has 2 heteroatoms. The largest absolute Gasteiger partial charge is 0.456 e. The van der Waals surface area contributed by atoms with Crippen LogP contribution in [0.3, 0.4) is 0 Å². The van der Waals surface area contributed by atoms with Crippen molar-refractivity contribution in [1.82, 2.24) is 0 Å². The van der Waals surface area contributed by atoms with E-state index in [1.807, 2.05) is 12.1 Å². The Bertz CT molecular complexity index is 2880. The van der Waals surface area contributed by atoms with Crippen molar-refractivity contribution in [3.8, 4) is 33.4 Å². The topological polar surface area (TPSA) is 16.4 Å². The number of hydrogen-bond donors (Lipinski definition) is 0. The van der Waals surface area contributed by atoms with Crippen LogP contribution in [0.1, 0.15) is 0 Å². The molecule has 0 saturated carbocycles. The van der Waals surface area contributed by atoms with Gasteiger partial charge >= 0.3 is 0 Å². The molecule has 52 heavy (non-hydrogen) atoms. The smallest absolute Gasteiger partial charge is 0.136 e. The highest BCUT2D eigenvalue weighted by molar-refractivity contribution is 6.19. The molecule has 0 aliphatic rings. The fourth-order valence-corrected chi connectivity index (χ4v) is 7.71. The maximum Gasteiger partial charge on any atom is 0.136 e. The predicted molar refractivity (Wildman–Crippen MR) is 220 cm³/mol. The molecule has 10 aromatic rings. The highest BCUT2D eigenvalue weighted by Gasteiger charge is 2.16. The Kier molecular flexibility index (Phi) is 7.18. The van der Waals surface area contributed by atoms with Crippen LogP contribution in [0.15, 0.2) is 205 Å². The third-order valence-electron chi connectivity index (χ3n) is 10.3. The first-order valence-electron chi connectivity index (χ1n) is 17.8. The third-order valence-corrected chi connectivity index (χ3v) is 10.3. The zero-order chi connectivity index (χ0) is 34.4. The summed E-state index contributed by atoms with van der Waals surface area (Å²) in [6.07, 6.45) is 0. The van der Waals surface area contributed by atoms with E-state index >= 15 is 0 Å². The van der Waals surface area contributed by atoms with Crippen molar-refractivity contribution in [2.45, 2.75) is 0 Å². The van der Waals surface area contributed by atoms with Gasteiger partial charge in [0.25, 0.3) is 0 Å². The van der Waals surface area contributed by atoms with E-state index in [4.69, 9.17) is 4.42 Å². The first-order chi connectivity index (χ1) is 25.8. The van der Waals surface area contributed by atoms with E-state index in [2.05, 4.69) is 193 Å². The monoisotopic (exact) mass is 663 g/mol. The summed E-state index contributed by atoms with van der Waals surface area (Å²) in [4.78, 5) is 2.35. The van der Waals surface area contributed by atoms with E-state index in [1.54, 1.807) is 0 Å². The van der Waals surface area contributed by atoms with Gasteiger partial charge in [0, 0.05) is 27.8 Å². The van der Waals surface area contributed by atoms with Gasteiger partial charge in [0.1, 0.15) is 11.2 Å². The van der Waals surface area contributed by atoms with E-state index in [0.717, 1.165) is 33.6 Å². The summed E-state index contributed by atoms with van der Waals surface area (Å²) in [5.41, 5.74) is 12.3. The third kappa shape index (κ3) is 5.21. The summed E-state index contributed by atoms with van der Waals surface area (Å²) in [6.45, 7) is 0. The normalized spacial score (nSPS) is 11.5. The second-order valence-corrected chi connectivity index (χ2v) is 13.3. The average Bonchev–Trinajstić information content (AvgIpc) is 3.61. The van der Waals surface area contributed by atoms with Crippen molar-refractivity contribution in [3.05, 3.63) is 200 Å². The van der Waals surface area contributed by atoms with E-state index in [-0.39, 0.29) is 0 Å². The second kappa shape index (κ2) is 12.5. The zero-order valence-electron chi connectivity index (χ0n) is 28.4. The van der Waals surface area contributed by atoms with Crippen molar-refractivity contribution in [2.24, 2.45) is 0 Å². The molecule has 0 bridgehead atoms. The molecule has 0 saturated heterocycles. The van der Waals surface area contributed by atoms with E-state index in [0.29, 0.717) is 0 Å². The summed E-state index contributed by atoms with van der Waals surface area (Å²) < 4.78 is 6.16. The number of fused-ring (bicyclic) bond motifs is 6. The highest BCUT2D eigenvalue weighted by atomic mass is 16.3. The van der Waals surface area contributed by atoms with Gasteiger partial charge in [0.2, 0.25) is 0 Å². The number of para-hydroxylation sites is 1. The SMILES string of the molecule is c1ccc(-c2cccc(N(c3ccc(-c4ccc5c(ccc6oc7ccccc7c65)c4)cc3)c3ccc(-c4cccc5ccccc45)cc3)c2)cc1. The summed E-state index contributed by atoms with van der Waals surface area (Å²) in [7, 11) is 0. The molecule has 1 heterocycles. The van der Waals surface area contributed by atoms with Crippen molar-refractivity contribution < 1.29 is 4.42 Å². The standard InChI is InChI=1S/C50H33NO/c1-2-10-34(11-3-1)38-14-8-15-43(33-38)51(42-28-22-37(23-29-42)45-18-9-13-36-12-4-5-16-44(36)45)41-26-20-35(21-27-41)39-24-30-46-40(32-39)25-31-49-50(46)47-17-6-7-19-48(47)52-49/h1-33H. The Labute approximate surface area is 302 Å². The van der Waals surface area contributed by atoms with Crippen LogP contribution in [-0.2, 0) is 0 Å². The summed E-state index contributed by atoms with van der Waals surface area (Å²) >= 11 is 0. The van der Waals surface area contributed by atoms with Gasteiger partial charge in [-0.1, -0.05) is 146 Å². The van der Waals surface area contributed by atoms with Crippen LogP contribution in [0.25, 0.3) is 76.9 Å². The van der Waals surface area contributed by atoms with Gasteiger partial charge < -0.3 is 9.32 Å². The van der Waals surface area contributed by atoms with Crippen LogP contribution in [0.4, 0.5) is 17.1 Å². The quantitative estimate of drug-likeness (QED) is 0.176. The molecule has 0 unspecified atom stereocenters. The molecule has 0 N–H and O–H groups in total. The molecule has 0 atom stereocenters. The molecule has 0 aliphatic heterocycles. The number of hydrogen-bond acceptors (Lipinski definition) is 2. The molecule has 0 spiro atoms. The van der Waals surface area contributed by atoms with Crippen LogP contribution in [0.5, 0.6) is 0 Å². The summed E-state index contributed by atoms with van der Waals surface area (Å²) in [6, 6.07) is 71.8. The zero-order valence-corrected chi connectivity index (χ0v) is 28.4. The fourth-order valence-electron chi connectivity index (χ4n) is 7.71.